The van der Waals surface area contributed by atoms with E-state index in [2.05, 4.69) is 24.1 Å². The van der Waals surface area contributed by atoms with Gasteiger partial charge in [0.1, 0.15) is 9.84 Å². The second-order valence-electron chi connectivity index (χ2n) is 4.72. The van der Waals surface area contributed by atoms with E-state index in [1.807, 2.05) is 12.3 Å². The Hall–Kier alpha value is -0.940. The molecule has 4 nitrogen and oxygen atoms in total. The zero-order valence-electron chi connectivity index (χ0n) is 12.0. The third-order valence-corrected chi connectivity index (χ3v) is 5.08. The second-order valence-corrected chi connectivity index (χ2v) is 7.19. The Morgan fingerprint density at radius 2 is 2.11 bits per heavy atom. The third-order valence-electron chi connectivity index (χ3n) is 3.29. The third kappa shape index (κ3) is 5.28. The monoisotopic (exact) mass is 284 g/mol. The van der Waals surface area contributed by atoms with Gasteiger partial charge in [-0.15, -0.1) is 0 Å². The van der Waals surface area contributed by atoms with Crippen molar-refractivity contribution in [3.8, 4) is 0 Å². The maximum Gasteiger partial charge on any atom is 0.150 e. The summed E-state index contributed by atoms with van der Waals surface area (Å²) in [5.41, 5.74) is 2.36. The highest BCUT2D eigenvalue weighted by Crippen LogP contribution is 2.21. The van der Waals surface area contributed by atoms with E-state index < -0.39 is 9.84 Å². The summed E-state index contributed by atoms with van der Waals surface area (Å²) < 4.78 is 23.0. The Balaban J connectivity index is 2.67. The smallest absolute Gasteiger partial charge is 0.150 e. The minimum atomic E-state index is -2.87. The minimum Gasteiger partial charge on any atom is -0.310 e. The standard InChI is InChI=1S/C14H24N2O2S/c1-4-16-14(7-6-10-19(17,18)5-2)13-11-15-9-8-12(13)3/h8-9,11,14,16H,4-7,10H2,1-3H3. The predicted molar refractivity (Wildman–Crippen MR) is 79.0 cm³/mol. The fraction of sp³-hybridized carbons (Fsp3) is 0.643. The molecule has 0 spiro atoms. The lowest BCUT2D eigenvalue weighted by Crippen LogP contribution is -2.23. The number of nitrogens with one attached hydrogen (secondary N) is 1. The largest absolute Gasteiger partial charge is 0.310 e. The fourth-order valence-electron chi connectivity index (χ4n) is 2.11. The summed E-state index contributed by atoms with van der Waals surface area (Å²) >= 11 is 0. The van der Waals surface area contributed by atoms with Gasteiger partial charge in [-0.05, 0) is 43.5 Å². The summed E-state index contributed by atoms with van der Waals surface area (Å²) in [6.45, 7) is 6.67. The van der Waals surface area contributed by atoms with Crippen LogP contribution in [-0.2, 0) is 9.84 Å². The first-order valence-corrected chi connectivity index (χ1v) is 8.66. The molecule has 0 bridgehead atoms. The lowest BCUT2D eigenvalue weighted by molar-refractivity contribution is 0.503. The molecule has 108 valence electrons. The van der Waals surface area contributed by atoms with Crippen LogP contribution in [0, 0.1) is 6.92 Å². The Morgan fingerprint density at radius 1 is 1.37 bits per heavy atom. The molecule has 0 fully saturated rings. The molecule has 1 rings (SSSR count). The predicted octanol–water partition coefficient (Wildman–Crippen LogP) is 2.26. The highest BCUT2D eigenvalue weighted by atomic mass is 32.2. The number of pyridine rings is 1. The van der Waals surface area contributed by atoms with Gasteiger partial charge < -0.3 is 5.32 Å². The van der Waals surface area contributed by atoms with Gasteiger partial charge in [0.15, 0.2) is 0 Å². The number of sulfone groups is 1. The molecule has 1 aromatic rings. The maximum atomic E-state index is 11.5. The van der Waals surface area contributed by atoms with Crippen LogP contribution in [0.5, 0.6) is 0 Å². The van der Waals surface area contributed by atoms with Crippen LogP contribution in [0.3, 0.4) is 0 Å². The molecule has 0 saturated heterocycles. The zero-order valence-corrected chi connectivity index (χ0v) is 12.8. The normalized spacial score (nSPS) is 13.4. The van der Waals surface area contributed by atoms with Gasteiger partial charge in [-0.25, -0.2) is 8.42 Å². The number of nitrogens with zero attached hydrogens (tertiary/aromatic N) is 1. The molecule has 0 aliphatic carbocycles. The van der Waals surface area contributed by atoms with Crippen molar-refractivity contribution in [3.05, 3.63) is 29.6 Å². The summed E-state index contributed by atoms with van der Waals surface area (Å²) in [7, 11) is -2.87. The molecule has 0 aliphatic rings. The van der Waals surface area contributed by atoms with Crippen molar-refractivity contribution in [1.29, 1.82) is 0 Å². The van der Waals surface area contributed by atoms with Crippen LogP contribution in [0.2, 0.25) is 0 Å². The average molecular weight is 284 g/mol. The van der Waals surface area contributed by atoms with Crippen LogP contribution in [0.25, 0.3) is 0 Å². The molecule has 1 aromatic heterocycles. The molecule has 1 unspecified atom stereocenters. The Morgan fingerprint density at radius 3 is 2.68 bits per heavy atom. The molecule has 0 amide bonds. The van der Waals surface area contributed by atoms with E-state index in [1.54, 1.807) is 13.1 Å². The number of rotatable bonds is 8. The molecule has 1 atom stereocenters. The summed E-state index contributed by atoms with van der Waals surface area (Å²) in [6.07, 6.45) is 5.15. The molecule has 1 heterocycles. The number of aromatic nitrogens is 1. The lowest BCUT2D eigenvalue weighted by Gasteiger charge is -2.19. The van der Waals surface area contributed by atoms with Crippen LogP contribution in [-0.4, -0.2) is 31.5 Å². The van der Waals surface area contributed by atoms with Gasteiger partial charge in [0.2, 0.25) is 0 Å². The van der Waals surface area contributed by atoms with Crippen molar-refractivity contribution in [2.45, 2.75) is 39.7 Å². The second kappa shape index (κ2) is 7.60. The summed E-state index contributed by atoms with van der Waals surface area (Å²) in [4.78, 5) is 4.16. The van der Waals surface area contributed by atoms with Crippen LogP contribution < -0.4 is 5.32 Å². The average Bonchev–Trinajstić information content (AvgIpc) is 2.38. The van der Waals surface area contributed by atoms with E-state index in [9.17, 15) is 8.42 Å². The van der Waals surface area contributed by atoms with Gasteiger partial charge >= 0.3 is 0 Å². The van der Waals surface area contributed by atoms with Crippen LogP contribution in [0.1, 0.15) is 43.9 Å². The number of hydrogen-bond donors (Lipinski definition) is 1. The Kier molecular flexibility index (Phi) is 6.45. The van der Waals surface area contributed by atoms with Gasteiger partial charge in [0.05, 0.1) is 5.75 Å². The summed E-state index contributed by atoms with van der Waals surface area (Å²) in [6, 6.07) is 2.17. The summed E-state index contributed by atoms with van der Waals surface area (Å²) in [5.74, 6) is 0.496. The highest BCUT2D eigenvalue weighted by molar-refractivity contribution is 7.91. The Labute approximate surface area is 116 Å². The lowest BCUT2D eigenvalue weighted by atomic mass is 10.00. The van der Waals surface area contributed by atoms with Gasteiger partial charge in [-0.2, -0.15) is 0 Å². The van der Waals surface area contributed by atoms with Crippen molar-refractivity contribution in [2.24, 2.45) is 0 Å². The summed E-state index contributed by atoms with van der Waals surface area (Å²) in [5, 5.41) is 3.41. The van der Waals surface area contributed by atoms with E-state index in [0.29, 0.717) is 6.42 Å². The van der Waals surface area contributed by atoms with Gasteiger partial charge in [0.25, 0.3) is 0 Å². The molecular formula is C14H24N2O2S. The molecule has 0 aliphatic heterocycles. The van der Waals surface area contributed by atoms with Gasteiger partial charge in [-0.1, -0.05) is 13.8 Å². The number of hydrogen-bond acceptors (Lipinski definition) is 4. The van der Waals surface area contributed by atoms with Crippen molar-refractivity contribution in [3.63, 3.8) is 0 Å². The SMILES string of the molecule is CCNC(CCCS(=O)(=O)CC)c1cnccc1C. The molecular weight excluding hydrogens is 260 g/mol. The molecule has 0 aromatic carbocycles. The van der Waals surface area contributed by atoms with Gasteiger partial charge in [0, 0.05) is 24.2 Å². The fourth-order valence-corrected chi connectivity index (χ4v) is 3.00. The van der Waals surface area contributed by atoms with Crippen molar-refractivity contribution in [2.75, 3.05) is 18.1 Å². The molecule has 0 saturated carbocycles. The molecule has 5 heteroatoms. The van der Waals surface area contributed by atoms with E-state index >= 15 is 0 Å². The quantitative estimate of drug-likeness (QED) is 0.795. The van der Waals surface area contributed by atoms with Crippen molar-refractivity contribution >= 4 is 9.84 Å². The Bertz CT molecular complexity index is 486. The van der Waals surface area contributed by atoms with E-state index in [0.717, 1.165) is 13.0 Å². The first-order chi connectivity index (χ1) is 9.00. The minimum absolute atomic E-state index is 0.186. The van der Waals surface area contributed by atoms with Crippen LogP contribution in [0.4, 0.5) is 0 Å². The van der Waals surface area contributed by atoms with Gasteiger partial charge in [-0.3, -0.25) is 4.98 Å². The van der Waals surface area contributed by atoms with Crippen molar-refractivity contribution in [1.82, 2.24) is 10.3 Å². The molecule has 19 heavy (non-hydrogen) atoms. The first kappa shape index (κ1) is 16.1. The van der Waals surface area contributed by atoms with Crippen molar-refractivity contribution < 1.29 is 8.42 Å². The molecule has 1 N–H and O–H groups in total. The van der Waals surface area contributed by atoms with Crippen LogP contribution in [0.15, 0.2) is 18.5 Å². The maximum absolute atomic E-state index is 11.5. The van der Waals surface area contributed by atoms with E-state index in [4.69, 9.17) is 0 Å². The van der Waals surface area contributed by atoms with E-state index in [1.165, 1.54) is 11.1 Å². The number of aryl methyl sites for hydroxylation is 1. The van der Waals surface area contributed by atoms with E-state index in [-0.39, 0.29) is 17.5 Å². The first-order valence-electron chi connectivity index (χ1n) is 6.84. The topological polar surface area (TPSA) is 59.1 Å². The highest BCUT2D eigenvalue weighted by Gasteiger charge is 2.14. The molecule has 0 radical (unpaired) electrons. The van der Waals surface area contributed by atoms with Crippen LogP contribution >= 0.6 is 0 Å². The zero-order chi connectivity index (χ0) is 14.3.